The lowest BCUT2D eigenvalue weighted by Crippen LogP contribution is -2.10. The fourth-order valence-corrected chi connectivity index (χ4v) is 1.91. The molecule has 1 aromatic heterocycles. The summed E-state index contributed by atoms with van der Waals surface area (Å²) in [6, 6.07) is 10.0. The number of amides is 1. The molecule has 0 aliphatic carbocycles. The number of nitrogens with one attached hydrogen (secondary N) is 1. The monoisotopic (exact) mass is 273 g/mol. The number of hydrogen-bond donors (Lipinski definition) is 2. The minimum absolute atomic E-state index is 0.0438. The number of nitrogens with zero attached hydrogens (tertiary/aromatic N) is 2. The van der Waals surface area contributed by atoms with Crippen LogP contribution in [0.25, 0.3) is 0 Å². The summed E-state index contributed by atoms with van der Waals surface area (Å²) in [7, 11) is 0. The van der Waals surface area contributed by atoms with E-state index in [4.69, 9.17) is 5.11 Å². The van der Waals surface area contributed by atoms with Gasteiger partial charge in [-0.15, -0.1) is 0 Å². The Morgan fingerprint density at radius 3 is 2.80 bits per heavy atom. The van der Waals surface area contributed by atoms with Crippen LogP contribution in [0.3, 0.4) is 0 Å². The maximum absolute atomic E-state index is 11.6. The Morgan fingerprint density at radius 2 is 2.05 bits per heavy atom. The summed E-state index contributed by atoms with van der Waals surface area (Å²) in [6.07, 6.45) is 5.23. The molecular weight excluding hydrogens is 254 g/mol. The Labute approximate surface area is 118 Å². The molecule has 0 spiro atoms. The molecule has 2 rings (SSSR count). The Kier molecular flexibility index (Phi) is 5.32. The number of anilines is 1. The number of carbonyl (C=O) groups excluding carboxylic acids is 1. The average Bonchev–Trinajstić information content (AvgIpc) is 2.87. The van der Waals surface area contributed by atoms with E-state index < -0.39 is 0 Å². The largest absolute Gasteiger partial charge is 0.396 e. The first-order valence-corrected chi connectivity index (χ1v) is 6.75. The summed E-state index contributed by atoms with van der Waals surface area (Å²) in [5, 5.41) is 15.7. The van der Waals surface area contributed by atoms with Crippen LogP contribution >= 0.6 is 0 Å². The minimum Gasteiger partial charge on any atom is -0.396 e. The number of unbranched alkanes of at least 4 members (excludes halogenated alkanes) is 1. The summed E-state index contributed by atoms with van der Waals surface area (Å²) in [4.78, 5) is 11.6. The van der Waals surface area contributed by atoms with Crippen molar-refractivity contribution >= 4 is 11.6 Å². The quantitative estimate of drug-likeness (QED) is 0.759. The molecule has 5 heteroatoms. The predicted molar refractivity (Wildman–Crippen MR) is 77.3 cm³/mol. The topological polar surface area (TPSA) is 67.2 Å². The second kappa shape index (κ2) is 7.45. The molecule has 0 unspecified atom stereocenters. The Morgan fingerprint density at radius 1 is 1.25 bits per heavy atom. The first-order valence-electron chi connectivity index (χ1n) is 6.75. The van der Waals surface area contributed by atoms with E-state index >= 15 is 0 Å². The normalized spacial score (nSPS) is 10.4. The molecule has 1 heterocycles. The highest BCUT2D eigenvalue weighted by molar-refractivity contribution is 5.90. The van der Waals surface area contributed by atoms with Gasteiger partial charge in [0.15, 0.2) is 0 Å². The first-order chi connectivity index (χ1) is 9.78. The summed E-state index contributed by atoms with van der Waals surface area (Å²) in [5.41, 5.74) is 1.87. The summed E-state index contributed by atoms with van der Waals surface area (Å²) >= 11 is 0. The van der Waals surface area contributed by atoms with Crippen molar-refractivity contribution in [3.8, 4) is 0 Å². The molecule has 0 aliphatic rings. The number of rotatable bonds is 7. The van der Waals surface area contributed by atoms with Crippen molar-refractivity contribution < 1.29 is 9.90 Å². The van der Waals surface area contributed by atoms with Crippen LogP contribution in [0.5, 0.6) is 0 Å². The van der Waals surface area contributed by atoms with Crippen LogP contribution in [0.1, 0.15) is 24.8 Å². The van der Waals surface area contributed by atoms with E-state index in [2.05, 4.69) is 10.4 Å². The van der Waals surface area contributed by atoms with E-state index in [0.29, 0.717) is 31.5 Å². The number of aromatic nitrogens is 2. The number of hydrogen-bond acceptors (Lipinski definition) is 3. The Balaban J connectivity index is 1.84. The van der Waals surface area contributed by atoms with Crippen molar-refractivity contribution in [1.29, 1.82) is 0 Å². The lowest BCUT2D eigenvalue weighted by Gasteiger charge is -2.02. The lowest BCUT2D eigenvalue weighted by molar-refractivity contribution is -0.116. The van der Waals surface area contributed by atoms with Crippen LogP contribution in [0.2, 0.25) is 0 Å². The van der Waals surface area contributed by atoms with Crippen molar-refractivity contribution in [2.24, 2.45) is 0 Å². The summed E-state index contributed by atoms with van der Waals surface area (Å²) < 4.78 is 1.79. The van der Waals surface area contributed by atoms with Crippen LogP contribution in [0.4, 0.5) is 5.69 Å². The molecule has 106 valence electrons. The molecule has 5 nitrogen and oxygen atoms in total. The third-order valence-electron chi connectivity index (χ3n) is 2.92. The van der Waals surface area contributed by atoms with Crippen molar-refractivity contribution in [3.63, 3.8) is 0 Å². The van der Waals surface area contributed by atoms with Gasteiger partial charge in [-0.25, -0.2) is 0 Å². The predicted octanol–water partition coefficient (Wildman–Crippen LogP) is 2.03. The first kappa shape index (κ1) is 14.3. The molecule has 1 amide bonds. The standard InChI is InChI=1S/C15H19N3O2/c19-9-5-4-8-15(20)17-14-10-16-18(12-14)11-13-6-2-1-3-7-13/h1-3,6-7,10,12,19H,4-5,8-9,11H2,(H,17,20). The number of benzene rings is 1. The molecule has 0 atom stereocenters. The van der Waals surface area contributed by atoms with Gasteiger partial charge in [0.25, 0.3) is 0 Å². The molecule has 0 saturated heterocycles. The van der Waals surface area contributed by atoms with Crippen molar-refractivity contribution in [2.45, 2.75) is 25.8 Å². The van der Waals surface area contributed by atoms with Gasteiger partial charge in [-0.05, 0) is 18.4 Å². The third-order valence-corrected chi connectivity index (χ3v) is 2.92. The number of aliphatic hydroxyl groups is 1. The number of carbonyl (C=O) groups is 1. The van der Waals surface area contributed by atoms with Gasteiger partial charge in [-0.3, -0.25) is 9.48 Å². The highest BCUT2D eigenvalue weighted by atomic mass is 16.3. The number of aliphatic hydroxyl groups excluding tert-OH is 1. The van der Waals surface area contributed by atoms with Gasteiger partial charge in [0, 0.05) is 19.2 Å². The van der Waals surface area contributed by atoms with E-state index in [1.54, 1.807) is 10.9 Å². The second-order valence-electron chi connectivity index (χ2n) is 4.64. The maximum Gasteiger partial charge on any atom is 0.224 e. The highest BCUT2D eigenvalue weighted by Crippen LogP contribution is 2.09. The van der Waals surface area contributed by atoms with Crippen LogP contribution in [-0.4, -0.2) is 27.4 Å². The van der Waals surface area contributed by atoms with Crippen molar-refractivity contribution in [2.75, 3.05) is 11.9 Å². The summed E-state index contributed by atoms with van der Waals surface area (Å²) in [6.45, 7) is 0.809. The van der Waals surface area contributed by atoms with Crippen LogP contribution in [0, 0.1) is 0 Å². The zero-order valence-electron chi connectivity index (χ0n) is 11.3. The molecule has 0 fully saturated rings. The van der Waals surface area contributed by atoms with Crippen LogP contribution < -0.4 is 5.32 Å². The Hall–Kier alpha value is -2.14. The smallest absolute Gasteiger partial charge is 0.224 e. The Bertz CT molecular complexity index is 537. The fourth-order valence-electron chi connectivity index (χ4n) is 1.91. The molecule has 2 N–H and O–H groups in total. The van der Waals surface area contributed by atoms with E-state index in [1.807, 2.05) is 36.5 Å². The van der Waals surface area contributed by atoms with Gasteiger partial charge < -0.3 is 10.4 Å². The molecule has 20 heavy (non-hydrogen) atoms. The van der Waals surface area contributed by atoms with Crippen LogP contribution in [0.15, 0.2) is 42.7 Å². The molecule has 0 bridgehead atoms. The minimum atomic E-state index is -0.0438. The SMILES string of the molecule is O=C(CCCCO)Nc1cnn(Cc2ccccc2)c1. The van der Waals surface area contributed by atoms with Crippen molar-refractivity contribution in [1.82, 2.24) is 9.78 Å². The summed E-state index contributed by atoms with van der Waals surface area (Å²) in [5.74, 6) is -0.0438. The van der Waals surface area contributed by atoms with Gasteiger partial charge in [0.1, 0.15) is 0 Å². The van der Waals surface area contributed by atoms with Gasteiger partial charge in [-0.1, -0.05) is 30.3 Å². The zero-order chi connectivity index (χ0) is 14.2. The van der Waals surface area contributed by atoms with Gasteiger partial charge in [-0.2, -0.15) is 5.10 Å². The fraction of sp³-hybridized carbons (Fsp3) is 0.333. The van der Waals surface area contributed by atoms with Gasteiger partial charge in [0.05, 0.1) is 18.4 Å². The molecule has 0 aliphatic heterocycles. The second-order valence-corrected chi connectivity index (χ2v) is 4.64. The van der Waals surface area contributed by atoms with Crippen molar-refractivity contribution in [3.05, 3.63) is 48.3 Å². The van der Waals surface area contributed by atoms with E-state index in [0.717, 1.165) is 5.56 Å². The van der Waals surface area contributed by atoms with Crippen LogP contribution in [-0.2, 0) is 11.3 Å². The molecular formula is C15H19N3O2. The molecule has 0 saturated carbocycles. The average molecular weight is 273 g/mol. The molecule has 2 aromatic rings. The third kappa shape index (κ3) is 4.51. The molecule has 1 aromatic carbocycles. The highest BCUT2D eigenvalue weighted by Gasteiger charge is 2.04. The maximum atomic E-state index is 11.6. The zero-order valence-corrected chi connectivity index (χ0v) is 11.3. The van der Waals surface area contributed by atoms with E-state index in [-0.39, 0.29) is 12.5 Å². The molecule has 0 radical (unpaired) electrons. The lowest BCUT2D eigenvalue weighted by atomic mass is 10.2. The van der Waals surface area contributed by atoms with E-state index in [1.165, 1.54) is 0 Å². The van der Waals surface area contributed by atoms with Gasteiger partial charge >= 0.3 is 0 Å². The van der Waals surface area contributed by atoms with E-state index in [9.17, 15) is 4.79 Å². The van der Waals surface area contributed by atoms with Gasteiger partial charge in [0.2, 0.25) is 5.91 Å².